The van der Waals surface area contributed by atoms with E-state index in [1.807, 2.05) is 0 Å². The van der Waals surface area contributed by atoms with Gasteiger partial charge in [0.1, 0.15) is 0 Å². The van der Waals surface area contributed by atoms with Crippen LogP contribution >= 0.6 is 0 Å². The lowest BCUT2D eigenvalue weighted by atomic mass is 9.62. The number of hydrogen-bond donors (Lipinski definition) is 0. The van der Waals surface area contributed by atoms with Crippen LogP contribution < -0.4 is 14.7 Å². The first-order valence-electron chi connectivity index (χ1n) is 14.5. The lowest BCUT2D eigenvalue weighted by molar-refractivity contribution is 0.227. The predicted octanol–water partition coefficient (Wildman–Crippen LogP) is 9.14. The SMILES string of the molecule is [C-]#[N+]C(C#N)=C1C=C2C=C(c3ccc(N(c4ccc(N(C)C)cc4)c4ccc(N(C)C)cc4)cc3)CCC2C(C)(C)C1. The van der Waals surface area contributed by atoms with E-state index in [0.717, 1.165) is 53.3 Å². The first-order valence-corrected chi connectivity index (χ1v) is 14.5. The minimum Gasteiger partial charge on any atom is -0.378 e. The molecule has 2 aliphatic rings. The van der Waals surface area contributed by atoms with Gasteiger partial charge in [-0.3, -0.25) is 0 Å². The fourth-order valence-electron chi connectivity index (χ4n) is 6.31. The highest BCUT2D eigenvalue weighted by Crippen LogP contribution is 2.50. The molecule has 0 fully saturated rings. The molecule has 0 saturated heterocycles. The van der Waals surface area contributed by atoms with Crippen LogP contribution in [0.5, 0.6) is 0 Å². The number of benzene rings is 3. The molecule has 3 aromatic rings. The third-order valence-electron chi connectivity index (χ3n) is 8.64. The molecule has 0 saturated carbocycles. The van der Waals surface area contributed by atoms with Crippen molar-refractivity contribution in [1.29, 1.82) is 5.26 Å². The third-order valence-corrected chi connectivity index (χ3v) is 8.64. The number of nitriles is 1. The van der Waals surface area contributed by atoms with Gasteiger partial charge in [-0.05, 0) is 114 Å². The van der Waals surface area contributed by atoms with Gasteiger partial charge >= 0.3 is 0 Å². The minimum absolute atomic E-state index is 0.0167. The molecule has 5 nitrogen and oxygen atoms in total. The number of rotatable bonds is 6. The second kappa shape index (κ2) is 11.6. The smallest absolute Gasteiger partial charge is 0.265 e. The number of hydrogen-bond acceptors (Lipinski definition) is 4. The highest BCUT2D eigenvalue weighted by Gasteiger charge is 2.38. The average Bonchev–Trinajstić information content (AvgIpc) is 2.98. The molecule has 0 aromatic heterocycles. The Morgan fingerprint density at radius 3 is 1.71 bits per heavy atom. The summed E-state index contributed by atoms with van der Waals surface area (Å²) in [5.74, 6) is 0.431. The second-order valence-electron chi connectivity index (χ2n) is 12.4. The van der Waals surface area contributed by atoms with E-state index in [0.29, 0.717) is 5.92 Å². The molecule has 0 amide bonds. The summed E-state index contributed by atoms with van der Waals surface area (Å²) in [5, 5.41) is 9.51. The van der Waals surface area contributed by atoms with Crippen LogP contribution in [0.15, 0.2) is 102 Å². The van der Waals surface area contributed by atoms with Crippen molar-refractivity contribution in [3.05, 3.63) is 119 Å². The molecule has 2 aliphatic carbocycles. The van der Waals surface area contributed by atoms with Crippen LogP contribution in [0.25, 0.3) is 10.4 Å². The van der Waals surface area contributed by atoms with Crippen LogP contribution in [0.1, 0.15) is 38.7 Å². The van der Waals surface area contributed by atoms with Gasteiger partial charge < -0.3 is 14.7 Å². The van der Waals surface area contributed by atoms with Crippen molar-refractivity contribution in [2.24, 2.45) is 11.3 Å². The Labute approximate surface area is 251 Å². The van der Waals surface area contributed by atoms with Crippen molar-refractivity contribution in [2.45, 2.75) is 33.1 Å². The molecule has 3 aromatic carbocycles. The fourth-order valence-corrected chi connectivity index (χ4v) is 6.31. The normalized spacial score (nSPS) is 18.4. The summed E-state index contributed by atoms with van der Waals surface area (Å²) in [6, 6.07) is 28.3. The van der Waals surface area contributed by atoms with Crippen LogP contribution in [0, 0.1) is 29.2 Å². The molecular weight excluding hydrogens is 514 g/mol. The first-order chi connectivity index (χ1) is 20.1. The fraction of sp³-hybridized carbons (Fsp3) is 0.297. The Kier molecular flexibility index (Phi) is 7.97. The van der Waals surface area contributed by atoms with Crippen LogP contribution in [0.2, 0.25) is 0 Å². The first kappa shape index (κ1) is 28.8. The largest absolute Gasteiger partial charge is 0.378 e. The molecule has 0 heterocycles. The van der Waals surface area contributed by atoms with E-state index in [1.54, 1.807) is 0 Å². The topological polar surface area (TPSA) is 37.9 Å². The van der Waals surface area contributed by atoms with Gasteiger partial charge in [-0.2, -0.15) is 0 Å². The Hall–Kier alpha value is -4.74. The van der Waals surface area contributed by atoms with Crippen molar-refractivity contribution in [1.82, 2.24) is 0 Å². The lowest BCUT2D eigenvalue weighted by Gasteiger charge is -2.42. The molecular formula is C37H39N5. The zero-order valence-corrected chi connectivity index (χ0v) is 25.5. The molecule has 0 bridgehead atoms. The molecule has 1 unspecified atom stereocenters. The maximum Gasteiger partial charge on any atom is 0.265 e. The summed E-state index contributed by atoms with van der Waals surface area (Å²) in [6.45, 7) is 12.0. The molecule has 5 rings (SSSR count). The van der Waals surface area contributed by atoms with Gasteiger partial charge in [-0.15, -0.1) is 0 Å². The maximum atomic E-state index is 9.51. The monoisotopic (exact) mass is 553 g/mol. The van der Waals surface area contributed by atoms with E-state index in [1.165, 1.54) is 16.7 Å². The molecule has 212 valence electrons. The van der Waals surface area contributed by atoms with E-state index < -0.39 is 0 Å². The van der Waals surface area contributed by atoms with Crippen LogP contribution in [0.3, 0.4) is 0 Å². The molecule has 0 radical (unpaired) electrons. The van der Waals surface area contributed by atoms with E-state index in [-0.39, 0.29) is 11.1 Å². The Morgan fingerprint density at radius 1 is 0.786 bits per heavy atom. The van der Waals surface area contributed by atoms with Crippen LogP contribution in [-0.2, 0) is 0 Å². The van der Waals surface area contributed by atoms with Crippen molar-refractivity contribution in [3.8, 4) is 6.07 Å². The summed E-state index contributed by atoms with van der Waals surface area (Å²) >= 11 is 0. The highest BCUT2D eigenvalue weighted by molar-refractivity contribution is 5.80. The van der Waals surface area contributed by atoms with Crippen LogP contribution in [0.4, 0.5) is 28.4 Å². The van der Waals surface area contributed by atoms with Crippen molar-refractivity contribution < 1.29 is 0 Å². The van der Waals surface area contributed by atoms with E-state index in [9.17, 15) is 5.26 Å². The standard InChI is InChI=1S/C37H39N5/c1-37(2)24-29(36(25-38)39-3)23-28-22-27(10-21-35(28)37)26-8-11-32(12-9-26)42(33-17-13-30(14-18-33)40(4)5)34-19-15-31(16-20-34)41(6)7/h8-9,11-20,22-23,35H,10,21,24H2,1-2,4-7H3. The molecule has 1 atom stereocenters. The van der Waals surface area contributed by atoms with E-state index >= 15 is 0 Å². The maximum absolute atomic E-state index is 9.51. The Balaban J connectivity index is 1.51. The van der Waals surface area contributed by atoms with Crippen molar-refractivity contribution >= 4 is 34.0 Å². The van der Waals surface area contributed by atoms with E-state index in [4.69, 9.17) is 6.57 Å². The summed E-state index contributed by atoms with van der Waals surface area (Å²) in [7, 11) is 8.23. The summed E-state index contributed by atoms with van der Waals surface area (Å²) in [5.41, 5.74) is 10.5. The van der Waals surface area contributed by atoms with Gasteiger partial charge in [0.15, 0.2) is 0 Å². The summed E-state index contributed by atoms with van der Waals surface area (Å²) in [4.78, 5) is 10.0. The molecule has 5 heteroatoms. The molecule has 0 spiro atoms. The Bertz CT molecular complexity index is 1550. The summed E-state index contributed by atoms with van der Waals surface area (Å²) in [6.07, 6.45) is 7.27. The lowest BCUT2D eigenvalue weighted by Crippen LogP contribution is -2.31. The zero-order chi connectivity index (χ0) is 30.0. The third kappa shape index (κ3) is 5.69. The van der Waals surface area contributed by atoms with Crippen LogP contribution in [-0.4, -0.2) is 28.2 Å². The molecule has 42 heavy (non-hydrogen) atoms. The number of allylic oxidation sites excluding steroid dienone is 6. The zero-order valence-electron chi connectivity index (χ0n) is 25.5. The molecule has 0 aliphatic heterocycles. The quantitative estimate of drug-likeness (QED) is 0.225. The molecule has 0 N–H and O–H groups in total. The predicted molar refractivity (Wildman–Crippen MR) is 176 cm³/mol. The summed E-state index contributed by atoms with van der Waals surface area (Å²) < 4.78 is 0. The van der Waals surface area contributed by atoms with Gasteiger partial charge in [0.2, 0.25) is 0 Å². The number of fused-ring (bicyclic) bond motifs is 1. The van der Waals surface area contributed by atoms with Gasteiger partial charge in [0.05, 0.1) is 12.6 Å². The number of nitrogens with zero attached hydrogens (tertiary/aromatic N) is 5. The van der Waals surface area contributed by atoms with E-state index in [2.05, 4.69) is 153 Å². The minimum atomic E-state index is 0.0167. The Morgan fingerprint density at radius 2 is 1.26 bits per heavy atom. The second-order valence-corrected chi connectivity index (χ2v) is 12.4. The highest BCUT2D eigenvalue weighted by atomic mass is 15.1. The van der Waals surface area contributed by atoms with Crippen molar-refractivity contribution in [3.63, 3.8) is 0 Å². The average molecular weight is 554 g/mol. The van der Waals surface area contributed by atoms with Gasteiger partial charge in [0.25, 0.3) is 5.70 Å². The van der Waals surface area contributed by atoms with Gasteiger partial charge in [-0.1, -0.05) is 38.1 Å². The van der Waals surface area contributed by atoms with Gasteiger partial charge in [-0.25, -0.2) is 10.1 Å². The van der Waals surface area contributed by atoms with Gasteiger partial charge in [0, 0.05) is 56.6 Å². The number of anilines is 5. The van der Waals surface area contributed by atoms with Crippen molar-refractivity contribution in [2.75, 3.05) is 42.9 Å².